The molecule has 0 heterocycles. The van der Waals surface area contributed by atoms with Crippen molar-refractivity contribution in [1.82, 2.24) is 0 Å². The van der Waals surface area contributed by atoms with Crippen LogP contribution in [0.25, 0.3) is 0 Å². The molecule has 0 radical (unpaired) electrons. The van der Waals surface area contributed by atoms with Crippen LogP contribution in [0.3, 0.4) is 0 Å². The molecule has 0 saturated heterocycles. The Morgan fingerprint density at radius 1 is 0.750 bits per heavy atom. The largest absolute Gasteiger partial charge is 0.0898 e. The minimum atomic E-state index is 1.30. The summed E-state index contributed by atoms with van der Waals surface area (Å²) < 4.78 is 0. The van der Waals surface area contributed by atoms with Crippen LogP contribution in [-0.2, 0) is 0 Å². The highest BCUT2D eigenvalue weighted by Gasteiger charge is 2.04. The summed E-state index contributed by atoms with van der Waals surface area (Å²) >= 11 is 1.84. The molecule has 0 aromatic heterocycles. The van der Waals surface area contributed by atoms with Crippen molar-refractivity contribution in [2.45, 2.75) is 30.6 Å². The van der Waals surface area contributed by atoms with Gasteiger partial charge in [0.1, 0.15) is 0 Å². The predicted molar refractivity (Wildman–Crippen MR) is 71.2 cm³/mol. The van der Waals surface area contributed by atoms with E-state index in [0.29, 0.717) is 0 Å². The number of benzene rings is 2. The molecule has 0 aliphatic carbocycles. The Bertz CT molecular complexity index is 486. The van der Waals surface area contributed by atoms with Crippen molar-refractivity contribution in [2.75, 3.05) is 0 Å². The maximum Gasteiger partial charge on any atom is 0.0154 e. The van der Waals surface area contributed by atoms with Crippen LogP contribution >= 0.6 is 11.8 Å². The molecule has 0 saturated carbocycles. The first kappa shape index (κ1) is 11.3. The molecule has 0 N–H and O–H groups in total. The van der Waals surface area contributed by atoms with Crippen molar-refractivity contribution in [1.29, 1.82) is 0 Å². The average Bonchev–Trinajstić information content (AvgIpc) is 2.31. The van der Waals surface area contributed by atoms with Crippen molar-refractivity contribution in [3.8, 4) is 0 Å². The topological polar surface area (TPSA) is 0 Å². The van der Waals surface area contributed by atoms with Crippen LogP contribution in [0.4, 0.5) is 0 Å². The molecule has 0 spiro atoms. The summed E-state index contributed by atoms with van der Waals surface area (Å²) in [6, 6.07) is 14.9. The fraction of sp³-hybridized carbons (Fsp3) is 0.200. The highest BCUT2D eigenvalue weighted by molar-refractivity contribution is 7.99. The third-order valence-corrected chi connectivity index (χ3v) is 4.15. The van der Waals surface area contributed by atoms with Crippen molar-refractivity contribution < 1.29 is 0 Å². The first-order chi connectivity index (χ1) is 7.68. The lowest BCUT2D eigenvalue weighted by Gasteiger charge is -2.10. The fourth-order valence-electron chi connectivity index (χ4n) is 1.66. The van der Waals surface area contributed by atoms with Crippen LogP contribution in [0.15, 0.2) is 52.3 Å². The van der Waals surface area contributed by atoms with Gasteiger partial charge in [0, 0.05) is 9.79 Å². The summed E-state index contributed by atoms with van der Waals surface area (Å²) in [4.78, 5) is 2.66. The highest BCUT2D eigenvalue weighted by Crippen LogP contribution is 2.32. The van der Waals surface area contributed by atoms with Crippen molar-refractivity contribution in [3.05, 3.63) is 59.2 Å². The van der Waals surface area contributed by atoms with Crippen molar-refractivity contribution in [3.63, 3.8) is 0 Å². The van der Waals surface area contributed by atoms with Crippen LogP contribution in [0.1, 0.15) is 16.7 Å². The van der Waals surface area contributed by atoms with Gasteiger partial charge in [-0.1, -0.05) is 36.0 Å². The molecule has 1 heteroatoms. The van der Waals surface area contributed by atoms with Crippen LogP contribution in [-0.4, -0.2) is 0 Å². The smallest absolute Gasteiger partial charge is 0.0154 e. The summed E-state index contributed by atoms with van der Waals surface area (Å²) in [6.07, 6.45) is 0. The van der Waals surface area contributed by atoms with Crippen LogP contribution in [0.2, 0.25) is 0 Å². The van der Waals surface area contributed by atoms with E-state index in [4.69, 9.17) is 0 Å². The minimum Gasteiger partial charge on any atom is -0.0898 e. The zero-order chi connectivity index (χ0) is 11.5. The maximum absolute atomic E-state index is 2.22. The lowest BCUT2D eigenvalue weighted by molar-refractivity contribution is 1.18. The molecule has 2 aromatic rings. The molecule has 0 bridgehead atoms. The van der Waals surface area contributed by atoms with Gasteiger partial charge in [0.05, 0.1) is 0 Å². The van der Waals surface area contributed by atoms with Gasteiger partial charge in [-0.15, -0.1) is 0 Å². The number of hydrogen-bond donors (Lipinski definition) is 0. The predicted octanol–water partition coefficient (Wildman–Crippen LogP) is 4.76. The van der Waals surface area contributed by atoms with Crippen molar-refractivity contribution >= 4 is 11.8 Å². The Hall–Kier alpha value is -1.21. The molecule has 0 aliphatic rings. The van der Waals surface area contributed by atoms with E-state index in [1.54, 1.807) is 0 Å². The fourth-order valence-corrected chi connectivity index (χ4v) is 2.65. The van der Waals surface area contributed by atoms with E-state index in [9.17, 15) is 0 Å². The molecule has 0 amide bonds. The molecular formula is C15H16S. The van der Waals surface area contributed by atoms with Gasteiger partial charge in [-0.3, -0.25) is 0 Å². The molecular weight excluding hydrogens is 212 g/mol. The van der Waals surface area contributed by atoms with Gasteiger partial charge in [0.2, 0.25) is 0 Å². The Balaban J connectivity index is 2.33. The molecule has 0 nitrogen and oxygen atoms in total. The summed E-state index contributed by atoms with van der Waals surface area (Å²) in [5.74, 6) is 0. The summed E-state index contributed by atoms with van der Waals surface area (Å²) in [5.41, 5.74) is 4.17. The monoisotopic (exact) mass is 228 g/mol. The minimum absolute atomic E-state index is 1.30. The van der Waals surface area contributed by atoms with Gasteiger partial charge >= 0.3 is 0 Å². The highest BCUT2D eigenvalue weighted by atomic mass is 32.2. The second-order valence-corrected chi connectivity index (χ2v) is 5.16. The maximum atomic E-state index is 2.22. The van der Waals surface area contributed by atoms with Crippen molar-refractivity contribution in [2.24, 2.45) is 0 Å². The Kier molecular flexibility index (Phi) is 3.35. The molecule has 0 aliphatic heterocycles. The molecule has 82 valence electrons. The lowest BCUT2D eigenvalue weighted by Crippen LogP contribution is -1.88. The average molecular weight is 228 g/mol. The second-order valence-electron chi connectivity index (χ2n) is 4.05. The van der Waals surface area contributed by atoms with Gasteiger partial charge in [0.15, 0.2) is 0 Å². The van der Waals surface area contributed by atoms with E-state index in [-0.39, 0.29) is 0 Å². The summed E-state index contributed by atoms with van der Waals surface area (Å²) in [5, 5.41) is 0. The third kappa shape index (κ3) is 2.30. The zero-order valence-electron chi connectivity index (χ0n) is 9.95. The molecule has 2 aromatic carbocycles. The Morgan fingerprint density at radius 3 is 2.12 bits per heavy atom. The zero-order valence-corrected chi connectivity index (χ0v) is 10.8. The standard InChI is InChI=1S/C15H16S/c1-11-9-10-15(13(3)12(11)2)16-14-7-5-4-6-8-14/h4-10H,1-3H3. The van der Waals surface area contributed by atoms with Gasteiger partial charge in [0.25, 0.3) is 0 Å². The first-order valence-electron chi connectivity index (χ1n) is 5.48. The van der Waals surface area contributed by atoms with Gasteiger partial charge in [-0.2, -0.15) is 0 Å². The quantitative estimate of drug-likeness (QED) is 0.714. The molecule has 2 rings (SSSR count). The van der Waals surface area contributed by atoms with E-state index < -0.39 is 0 Å². The number of aryl methyl sites for hydroxylation is 1. The van der Waals surface area contributed by atoms with Crippen LogP contribution < -0.4 is 0 Å². The second kappa shape index (κ2) is 4.75. The SMILES string of the molecule is Cc1ccc(Sc2ccccc2)c(C)c1C. The molecule has 0 unspecified atom stereocenters. The van der Waals surface area contributed by atoms with E-state index >= 15 is 0 Å². The van der Waals surface area contributed by atoms with E-state index in [1.165, 1.54) is 26.5 Å². The van der Waals surface area contributed by atoms with Gasteiger partial charge in [-0.25, -0.2) is 0 Å². The molecule has 16 heavy (non-hydrogen) atoms. The van der Waals surface area contributed by atoms with Gasteiger partial charge in [-0.05, 0) is 55.7 Å². The summed E-state index contributed by atoms with van der Waals surface area (Å²) in [7, 11) is 0. The Labute approximate surface area is 102 Å². The first-order valence-corrected chi connectivity index (χ1v) is 6.30. The number of rotatable bonds is 2. The van der Waals surface area contributed by atoms with Crippen LogP contribution in [0, 0.1) is 20.8 Å². The van der Waals surface area contributed by atoms with Crippen LogP contribution in [0.5, 0.6) is 0 Å². The normalized spacial score (nSPS) is 10.4. The summed E-state index contributed by atoms with van der Waals surface area (Å²) in [6.45, 7) is 6.56. The number of hydrogen-bond acceptors (Lipinski definition) is 1. The molecule has 0 fully saturated rings. The van der Waals surface area contributed by atoms with E-state index in [2.05, 4.69) is 63.2 Å². The van der Waals surface area contributed by atoms with Gasteiger partial charge < -0.3 is 0 Å². The Morgan fingerprint density at radius 2 is 1.44 bits per heavy atom. The lowest BCUT2D eigenvalue weighted by atomic mass is 10.1. The van der Waals surface area contributed by atoms with E-state index in [0.717, 1.165) is 0 Å². The molecule has 0 atom stereocenters. The third-order valence-electron chi connectivity index (χ3n) is 2.98. The van der Waals surface area contributed by atoms with E-state index in [1.807, 2.05) is 11.8 Å².